The van der Waals surface area contributed by atoms with Crippen molar-refractivity contribution in [2.75, 3.05) is 31.6 Å². The molecule has 1 amide bonds. The molecule has 3 aromatic rings. The number of aromatic nitrogens is 2. The lowest BCUT2D eigenvalue weighted by Gasteiger charge is -2.34. The number of anilines is 1. The molecule has 0 saturated carbocycles. The molecule has 0 radical (unpaired) electrons. The Bertz CT molecular complexity index is 1330. The number of carbonyl (C=O) groups excluding carboxylic acids is 1. The van der Waals surface area contributed by atoms with Gasteiger partial charge in [0.1, 0.15) is 13.2 Å². The van der Waals surface area contributed by atoms with Gasteiger partial charge in [0, 0.05) is 24.2 Å². The van der Waals surface area contributed by atoms with Crippen molar-refractivity contribution in [3.63, 3.8) is 0 Å². The zero-order valence-electron chi connectivity index (χ0n) is 19.1. The number of rotatable bonds is 5. The van der Waals surface area contributed by atoms with E-state index in [1.54, 1.807) is 18.2 Å². The highest BCUT2D eigenvalue weighted by Gasteiger charge is 2.32. The number of amides is 1. The van der Waals surface area contributed by atoms with Gasteiger partial charge in [-0.25, -0.2) is 8.42 Å². The van der Waals surface area contributed by atoms with Gasteiger partial charge in [0.05, 0.1) is 17.1 Å². The first-order chi connectivity index (χ1) is 16.8. The second-order valence-electron chi connectivity index (χ2n) is 8.33. The van der Waals surface area contributed by atoms with E-state index in [1.807, 2.05) is 13.8 Å². The van der Waals surface area contributed by atoms with E-state index >= 15 is 0 Å². The van der Waals surface area contributed by atoms with Gasteiger partial charge in [0.15, 0.2) is 11.5 Å². The van der Waals surface area contributed by atoms with Crippen LogP contribution >= 0.6 is 0 Å². The fourth-order valence-corrected chi connectivity index (χ4v) is 5.58. The summed E-state index contributed by atoms with van der Waals surface area (Å²) in [5.41, 5.74) is 0.857. The van der Waals surface area contributed by atoms with Crippen molar-refractivity contribution in [1.82, 2.24) is 14.5 Å². The molecule has 3 heterocycles. The zero-order valence-corrected chi connectivity index (χ0v) is 19.9. The Hall–Kier alpha value is -3.48. The minimum atomic E-state index is -3.70. The molecule has 2 unspecified atom stereocenters. The summed E-state index contributed by atoms with van der Waals surface area (Å²) >= 11 is 0. The number of hydrogen-bond acceptors (Lipinski definition) is 9. The summed E-state index contributed by atoms with van der Waals surface area (Å²) < 4.78 is 49.6. The van der Waals surface area contributed by atoms with Gasteiger partial charge in [0.2, 0.25) is 15.9 Å². The summed E-state index contributed by atoms with van der Waals surface area (Å²) in [7, 11) is -3.70. The van der Waals surface area contributed by atoms with Crippen LogP contribution < -0.4 is 14.8 Å². The summed E-state index contributed by atoms with van der Waals surface area (Å²) in [4.78, 5) is 12.8. The van der Waals surface area contributed by atoms with E-state index in [2.05, 4.69) is 15.5 Å². The van der Waals surface area contributed by atoms with Crippen LogP contribution in [-0.4, -0.2) is 67.3 Å². The number of ether oxygens (including phenoxy) is 3. The Morgan fingerprint density at radius 1 is 0.971 bits per heavy atom. The number of sulfonamides is 1. The zero-order chi connectivity index (χ0) is 24.6. The molecule has 12 heteroatoms. The Balaban J connectivity index is 1.27. The Labute approximate surface area is 202 Å². The molecule has 1 fully saturated rings. The van der Waals surface area contributed by atoms with E-state index < -0.39 is 15.9 Å². The molecule has 2 atom stereocenters. The van der Waals surface area contributed by atoms with Gasteiger partial charge in [-0.1, -0.05) is 5.10 Å². The first kappa shape index (κ1) is 23.3. The highest BCUT2D eigenvalue weighted by molar-refractivity contribution is 7.89. The molecule has 11 nitrogen and oxygen atoms in total. The van der Waals surface area contributed by atoms with Gasteiger partial charge in [-0.05, 0) is 56.3 Å². The molecule has 0 aliphatic carbocycles. The van der Waals surface area contributed by atoms with E-state index in [1.165, 1.54) is 28.6 Å². The van der Waals surface area contributed by atoms with Crippen LogP contribution in [0.4, 0.5) is 6.01 Å². The van der Waals surface area contributed by atoms with Gasteiger partial charge >= 0.3 is 6.01 Å². The topological polar surface area (TPSA) is 133 Å². The maximum atomic E-state index is 13.0. The van der Waals surface area contributed by atoms with Crippen LogP contribution in [0.15, 0.2) is 51.8 Å². The fourth-order valence-electron chi connectivity index (χ4n) is 3.99. The minimum absolute atomic E-state index is 0.0899. The van der Waals surface area contributed by atoms with E-state index in [9.17, 15) is 13.2 Å². The Morgan fingerprint density at radius 2 is 1.66 bits per heavy atom. The van der Waals surface area contributed by atoms with Gasteiger partial charge < -0.3 is 18.6 Å². The van der Waals surface area contributed by atoms with E-state index in [0.717, 1.165) is 0 Å². The quantitative estimate of drug-likeness (QED) is 0.561. The summed E-state index contributed by atoms with van der Waals surface area (Å²) in [5, 5.41) is 10.4. The largest absolute Gasteiger partial charge is 0.486 e. The molecule has 1 saturated heterocycles. The standard InChI is InChI=1S/C23H24N4O7S/c1-14-12-27(13-15(2)33-14)35(29,30)18-6-3-16(4-7-18)21(28)24-23-26-25-22(34-23)17-5-8-19-20(11-17)32-10-9-31-19/h3-8,11,14-15H,9-10,12-13H2,1-2H3,(H,24,26,28). The Kier molecular flexibility index (Phi) is 6.17. The van der Waals surface area contributed by atoms with Gasteiger partial charge in [-0.15, -0.1) is 5.10 Å². The Morgan fingerprint density at radius 3 is 2.37 bits per heavy atom. The SMILES string of the molecule is CC1CN(S(=O)(=O)c2ccc(C(=O)Nc3nnc(-c4ccc5c(c4)OCCO5)o3)cc2)CC(C)O1. The highest BCUT2D eigenvalue weighted by Crippen LogP contribution is 2.34. The van der Waals surface area contributed by atoms with Crippen LogP contribution in [0, 0.1) is 0 Å². The first-order valence-corrected chi connectivity index (χ1v) is 12.5. The molecule has 2 aliphatic rings. The van der Waals surface area contributed by atoms with Crippen LogP contribution in [0.3, 0.4) is 0 Å². The molecular weight excluding hydrogens is 476 g/mol. The molecule has 0 spiro atoms. The van der Waals surface area contributed by atoms with Crippen LogP contribution in [0.2, 0.25) is 0 Å². The van der Waals surface area contributed by atoms with Crippen molar-refractivity contribution in [2.45, 2.75) is 31.0 Å². The second-order valence-corrected chi connectivity index (χ2v) is 10.3. The summed E-state index contributed by atoms with van der Waals surface area (Å²) in [5.74, 6) is 0.900. The lowest BCUT2D eigenvalue weighted by atomic mass is 10.2. The summed E-state index contributed by atoms with van der Waals surface area (Å²) in [6, 6.07) is 10.8. The lowest BCUT2D eigenvalue weighted by Crippen LogP contribution is -2.48. The smallest absolute Gasteiger partial charge is 0.322 e. The normalized spacial score (nSPS) is 20.4. The molecule has 0 bridgehead atoms. The number of fused-ring (bicyclic) bond motifs is 1. The van der Waals surface area contributed by atoms with Crippen molar-refractivity contribution in [3.05, 3.63) is 48.0 Å². The summed E-state index contributed by atoms with van der Waals surface area (Å²) in [6.45, 7) is 5.16. The van der Waals surface area contributed by atoms with Crippen LogP contribution in [0.5, 0.6) is 11.5 Å². The van der Waals surface area contributed by atoms with Crippen LogP contribution in [0.1, 0.15) is 24.2 Å². The maximum absolute atomic E-state index is 13.0. The van der Waals surface area contributed by atoms with Crippen molar-refractivity contribution in [3.8, 4) is 23.0 Å². The molecule has 35 heavy (non-hydrogen) atoms. The first-order valence-electron chi connectivity index (χ1n) is 11.1. The van der Waals surface area contributed by atoms with Crippen molar-refractivity contribution in [1.29, 1.82) is 0 Å². The maximum Gasteiger partial charge on any atom is 0.322 e. The third kappa shape index (κ3) is 4.85. The number of hydrogen-bond donors (Lipinski definition) is 1. The predicted octanol–water partition coefficient (Wildman–Crippen LogP) is 2.56. The molecule has 2 aliphatic heterocycles. The average molecular weight is 501 g/mol. The second kappa shape index (κ2) is 9.29. The third-order valence-electron chi connectivity index (χ3n) is 5.57. The molecule has 1 N–H and O–H groups in total. The number of benzene rings is 2. The van der Waals surface area contributed by atoms with Crippen molar-refractivity contribution < 1.29 is 31.8 Å². The summed E-state index contributed by atoms with van der Waals surface area (Å²) in [6.07, 6.45) is -0.389. The molecule has 1 aromatic heterocycles. The van der Waals surface area contributed by atoms with Crippen LogP contribution in [0.25, 0.3) is 11.5 Å². The predicted molar refractivity (Wildman–Crippen MR) is 124 cm³/mol. The third-order valence-corrected chi connectivity index (χ3v) is 7.42. The number of nitrogens with one attached hydrogen (secondary N) is 1. The lowest BCUT2D eigenvalue weighted by molar-refractivity contribution is -0.0440. The number of nitrogens with zero attached hydrogens (tertiary/aromatic N) is 3. The molecule has 184 valence electrons. The fraction of sp³-hybridized carbons (Fsp3) is 0.348. The molecular formula is C23H24N4O7S. The van der Waals surface area contributed by atoms with Crippen molar-refractivity contribution >= 4 is 21.9 Å². The van der Waals surface area contributed by atoms with Gasteiger partial charge in [0.25, 0.3) is 5.91 Å². The highest BCUT2D eigenvalue weighted by atomic mass is 32.2. The molecule has 2 aromatic carbocycles. The van der Waals surface area contributed by atoms with Crippen molar-refractivity contribution in [2.24, 2.45) is 0 Å². The van der Waals surface area contributed by atoms with E-state index in [0.29, 0.717) is 30.3 Å². The van der Waals surface area contributed by atoms with E-state index in [-0.39, 0.29) is 47.7 Å². The van der Waals surface area contributed by atoms with Crippen LogP contribution in [-0.2, 0) is 14.8 Å². The minimum Gasteiger partial charge on any atom is -0.486 e. The number of carbonyl (C=O) groups is 1. The monoisotopic (exact) mass is 500 g/mol. The van der Waals surface area contributed by atoms with E-state index in [4.69, 9.17) is 18.6 Å². The molecule has 5 rings (SSSR count). The average Bonchev–Trinajstić information content (AvgIpc) is 3.31. The van der Waals surface area contributed by atoms with Gasteiger partial charge in [-0.3, -0.25) is 10.1 Å². The van der Waals surface area contributed by atoms with Gasteiger partial charge in [-0.2, -0.15) is 4.31 Å². The number of morpholine rings is 1.